The highest BCUT2D eigenvalue weighted by Crippen LogP contribution is 2.35. The Morgan fingerprint density at radius 3 is 2.66 bits per heavy atom. The van der Waals surface area contributed by atoms with Crippen LogP contribution in [0.3, 0.4) is 0 Å². The van der Waals surface area contributed by atoms with Crippen molar-refractivity contribution in [2.24, 2.45) is 0 Å². The van der Waals surface area contributed by atoms with Gasteiger partial charge in [-0.1, -0.05) is 18.5 Å². The number of alkyl halides is 3. The highest BCUT2D eigenvalue weighted by atomic mass is 35.5. The van der Waals surface area contributed by atoms with Crippen LogP contribution in [0, 0.1) is 17.1 Å². The second kappa shape index (κ2) is 10.1. The van der Waals surface area contributed by atoms with Crippen molar-refractivity contribution < 1.29 is 22.4 Å². The van der Waals surface area contributed by atoms with Crippen molar-refractivity contribution in [3.8, 4) is 6.07 Å². The summed E-state index contributed by atoms with van der Waals surface area (Å²) in [7, 11) is 0. The molecule has 0 aromatic heterocycles. The van der Waals surface area contributed by atoms with Gasteiger partial charge >= 0.3 is 6.18 Å². The summed E-state index contributed by atoms with van der Waals surface area (Å²) in [6.45, 7) is 4.74. The van der Waals surface area contributed by atoms with Gasteiger partial charge in [0.05, 0.1) is 22.8 Å². The smallest absolute Gasteiger partial charge is 0.363 e. The fourth-order valence-electron chi connectivity index (χ4n) is 3.78. The van der Waals surface area contributed by atoms with Crippen molar-refractivity contribution in [3.05, 3.63) is 63.9 Å². The minimum Gasteiger partial charge on any atom is -0.363 e. The first-order valence-corrected chi connectivity index (χ1v) is 10.7. The number of anilines is 1. The number of nitrogens with zero attached hydrogens (tertiary/aromatic N) is 3. The maximum Gasteiger partial charge on any atom is 0.416 e. The molecule has 0 N–H and O–H groups in total. The van der Waals surface area contributed by atoms with Crippen molar-refractivity contribution in [2.75, 3.05) is 18.1 Å². The fourth-order valence-corrected chi connectivity index (χ4v) is 4.00. The maximum atomic E-state index is 13.9. The van der Waals surface area contributed by atoms with E-state index in [4.69, 9.17) is 16.4 Å². The summed E-state index contributed by atoms with van der Waals surface area (Å²) in [5.74, 6) is -0.737. The molecule has 2 aromatic carbocycles. The van der Waals surface area contributed by atoms with Gasteiger partial charge in [0.15, 0.2) is 0 Å². The van der Waals surface area contributed by atoms with Crippen LogP contribution in [0.5, 0.6) is 0 Å². The van der Waals surface area contributed by atoms with E-state index < -0.39 is 17.6 Å². The monoisotopic (exact) mass is 469 g/mol. The molecule has 1 aliphatic heterocycles. The first kappa shape index (κ1) is 24.3. The van der Waals surface area contributed by atoms with Gasteiger partial charge in [0.1, 0.15) is 11.9 Å². The predicted octanol–water partition coefficient (Wildman–Crippen LogP) is 6.18. The number of nitriles is 1. The van der Waals surface area contributed by atoms with Crippen LogP contribution in [0.25, 0.3) is 0 Å². The Morgan fingerprint density at radius 2 is 2.03 bits per heavy atom. The standard InChI is InChI=1S/C23H24ClF4N3O/c1-3-15(2)31-14-20(8-9-32-31)30(19-6-4-16(12-29)22(24)11-19)13-17-10-18(25)5-7-21(17)23(26,27)28/h4-7,10-11,15,20H,3,8-9,13-14H2,1-2H3/t15?,20-/m0/s1. The molecule has 2 atom stereocenters. The third kappa shape index (κ3) is 5.52. The Kier molecular flexibility index (Phi) is 7.65. The molecule has 9 heteroatoms. The van der Waals surface area contributed by atoms with Gasteiger partial charge in [-0.15, -0.1) is 0 Å². The minimum absolute atomic E-state index is 0.129. The Morgan fingerprint density at radius 1 is 1.28 bits per heavy atom. The first-order chi connectivity index (χ1) is 15.1. The highest BCUT2D eigenvalue weighted by Gasteiger charge is 2.35. The molecule has 2 aromatic rings. The summed E-state index contributed by atoms with van der Waals surface area (Å²) in [4.78, 5) is 7.54. The van der Waals surface area contributed by atoms with E-state index in [1.54, 1.807) is 17.0 Å². The second-order valence-corrected chi connectivity index (χ2v) is 8.24. The summed E-state index contributed by atoms with van der Waals surface area (Å²) in [6, 6.07) is 9.16. The van der Waals surface area contributed by atoms with E-state index in [1.807, 2.05) is 25.0 Å². The number of hydroxylamine groups is 2. The maximum absolute atomic E-state index is 13.9. The van der Waals surface area contributed by atoms with Gasteiger partial charge in [-0.05, 0) is 61.7 Å². The van der Waals surface area contributed by atoms with Gasteiger partial charge in [-0.2, -0.15) is 23.5 Å². The molecule has 172 valence electrons. The van der Waals surface area contributed by atoms with E-state index in [0.717, 1.165) is 24.6 Å². The molecule has 0 radical (unpaired) electrons. The average Bonchev–Trinajstić information content (AvgIpc) is 2.76. The molecular formula is C23H24ClF4N3O. The quantitative estimate of drug-likeness (QED) is 0.473. The topological polar surface area (TPSA) is 39.5 Å². The molecule has 1 heterocycles. The molecule has 0 bridgehead atoms. The van der Waals surface area contributed by atoms with Crippen LogP contribution in [0.1, 0.15) is 43.4 Å². The molecule has 1 aliphatic rings. The van der Waals surface area contributed by atoms with E-state index in [2.05, 4.69) is 0 Å². The molecule has 1 unspecified atom stereocenters. The number of benzene rings is 2. The lowest BCUT2D eigenvalue weighted by Gasteiger charge is -2.42. The van der Waals surface area contributed by atoms with E-state index in [0.29, 0.717) is 25.3 Å². The second-order valence-electron chi connectivity index (χ2n) is 7.84. The summed E-state index contributed by atoms with van der Waals surface area (Å²) >= 11 is 6.22. The molecule has 32 heavy (non-hydrogen) atoms. The third-order valence-electron chi connectivity index (χ3n) is 5.74. The molecule has 0 aliphatic carbocycles. The molecule has 0 saturated carbocycles. The van der Waals surface area contributed by atoms with Gasteiger partial charge in [-0.25, -0.2) is 4.39 Å². The number of hydrogen-bond acceptors (Lipinski definition) is 4. The van der Waals surface area contributed by atoms with Crippen molar-refractivity contribution in [3.63, 3.8) is 0 Å². The summed E-state index contributed by atoms with van der Waals surface area (Å²) in [6.07, 6.45) is -3.20. The van der Waals surface area contributed by atoms with E-state index in [-0.39, 0.29) is 34.8 Å². The molecule has 0 spiro atoms. The summed E-state index contributed by atoms with van der Waals surface area (Å²) in [5, 5.41) is 11.2. The molecule has 3 rings (SSSR count). The van der Waals surface area contributed by atoms with Crippen molar-refractivity contribution in [2.45, 2.75) is 51.5 Å². The normalized spacial score (nSPS) is 18.2. The van der Waals surface area contributed by atoms with Crippen LogP contribution < -0.4 is 4.90 Å². The van der Waals surface area contributed by atoms with E-state index >= 15 is 0 Å². The number of hydrogen-bond donors (Lipinski definition) is 0. The Labute approximate surface area is 189 Å². The van der Waals surface area contributed by atoms with Gasteiger partial charge in [0.2, 0.25) is 0 Å². The zero-order chi connectivity index (χ0) is 23.5. The minimum atomic E-state index is -4.62. The Balaban J connectivity index is 2.03. The number of rotatable bonds is 6. The Hall–Kier alpha value is -2.34. The van der Waals surface area contributed by atoms with Crippen molar-refractivity contribution in [1.82, 2.24) is 5.06 Å². The third-order valence-corrected chi connectivity index (χ3v) is 6.05. The van der Waals surface area contributed by atoms with Gasteiger partial charge in [-0.3, -0.25) is 4.84 Å². The lowest BCUT2D eigenvalue weighted by atomic mass is 10.0. The largest absolute Gasteiger partial charge is 0.416 e. The van der Waals surface area contributed by atoms with Crippen molar-refractivity contribution >= 4 is 17.3 Å². The summed E-state index contributed by atoms with van der Waals surface area (Å²) in [5.41, 5.74) is -0.221. The van der Waals surface area contributed by atoms with Crippen LogP contribution in [-0.4, -0.2) is 30.3 Å². The van der Waals surface area contributed by atoms with Crippen LogP contribution in [0.2, 0.25) is 5.02 Å². The van der Waals surface area contributed by atoms with Crippen molar-refractivity contribution in [1.29, 1.82) is 5.26 Å². The van der Waals surface area contributed by atoms with Gasteiger partial charge < -0.3 is 4.90 Å². The average molecular weight is 470 g/mol. The number of halogens is 5. The predicted molar refractivity (Wildman–Crippen MR) is 115 cm³/mol. The van der Waals surface area contributed by atoms with Crippen LogP contribution in [0.15, 0.2) is 36.4 Å². The van der Waals surface area contributed by atoms with Gasteiger partial charge in [0.25, 0.3) is 0 Å². The first-order valence-electron chi connectivity index (χ1n) is 10.4. The molecule has 0 amide bonds. The molecule has 1 saturated heterocycles. The van der Waals surface area contributed by atoms with Gasteiger partial charge in [0, 0.05) is 30.9 Å². The lowest BCUT2D eigenvalue weighted by Crippen LogP contribution is -2.51. The molecule has 4 nitrogen and oxygen atoms in total. The zero-order valence-corrected chi connectivity index (χ0v) is 18.5. The van der Waals surface area contributed by atoms with E-state index in [1.165, 1.54) is 6.07 Å². The van der Waals surface area contributed by atoms with Crippen LogP contribution in [-0.2, 0) is 17.6 Å². The Bertz CT molecular complexity index is 992. The van der Waals surface area contributed by atoms with Crippen LogP contribution >= 0.6 is 11.6 Å². The van der Waals surface area contributed by atoms with E-state index in [9.17, 15) is 22.8 Å². The lowest BCUT2D eigenvalue weighted by molar-refractivity contribution is -0.207. The fraction of sp³-hybridized carbons (Fsp3) is 0.435. The zero-order valence-electron chi connectivity index (χ0n) is 17.8. The molecule has 1 fully saturated rings. The highest BCUT2D eigenvalue weighted by molar-refractivity contribution is 6.32. The van der Waals surface area contributed by atoms with Crippen LogP contribution in [0.4, 0.5) is 23.2 Å². The molecular weight excluding hydrogens is 446 g/mol. The summed E-state index contributed by atoms with van der Waals surface area (Å²) < 4.78 is 54.8. The SMILES string of the molecule is CCC(C)N1C[C@@H](N(Cc2cc(F)ccc2C(F)(F)F)c2ccc(C#N)c(Cl)c2)CCO1.